The molecule has 196 valence electrons. The first kappa shape index (κ1) is 30.4. The van der Waals surface area contributed by atoms with E-state index in [0.717, 1.165) is 39.7 Å². The first-order chi connectivity index (χ1) is 17.7. The summed E-state index contributed by atoms with van der Waals surface area (Å²) in [6.07, 6.45) is 0. The van der Waals surface area contributed by atoms with Gasteiger partial charge in [0.2, 0.25) is 5.28 Å². The lowest BCUT2D eigenvalue weighted by atomic mass is 10.2. The van der Waals surface area contributed by atoms with Crippen LogP contribution in [0, 0.1) is 13.8 Å². The molecule has 0 saturated heterocycles. The molecule has 0 aliphatic carbocycles. The summed E-state index contributed by atoms with van der Waals surface area (Å²) in [7, 11) is 7.82. The summed E-state index contributed by atoms with van der Waals surface area (Å²) < 4.78 is 0. The van der Waals surface area contributed by atoms with Gasteiger partial charge in [-0.1, -0.05) is 72.4 Å². The summed E-state index contributed by atoms with van der Waals surface area (Å²) in [5.41, 5.74) is 4.45. The number of rotatable bonds is 6. The van der Waals surface area contributed by atoms with Crippen molar-refractivity contribution < 1.29 is 0 Å². The minimum Gasteiger partial charge on any atom is -0.363 e. The summed E-state index contributed by atoms with van der Waals surface area (Å²) in [4.78, 5) is 20.8. The molecular formula is C28H35ClN6S2. The Labute approximate surface area is 236 Å². The third-order valence-corrected chi connectivity index (χ3v) is 6.24. The lowest BCUT2D eigenvalue weighted by Crippen LogP contribution is -2.11. The second-order valence-electron chi connectivity index (χ2n) is 8.49. The Morgan fingerprint density at radius 2 is 1.19 bits per heavy atom. The number of benzene rings is 2. The summed E-state index contributed by atoms with van der Waals surface area (Å²) >= 11 is 11.4. The minimum atomic E-state index is 0.300. The van der Waals surface area contributed by atoms with Gasteiger partial charge >= 0.3 is 0 Å². The predicted molar refractivity (Wildman–Crippen MR) is 162 cm³/mol. The Hall–Kier alpha value is -2.81. The number of nitrogens with zero attached hydrogens (tertiary/aromatic N) is 6. The minimum absolute atomic E-state index is 0.300. The monoisotopic (exact) mass is 554 g/mol. The van der Waals surface area contributed by atoms with E-state index in [2.05, 4.69) is 69.0 Å². The van der Waals surface area contributed by atoms with Crippen LogP contribution in [0.4, 0.5) is 11.6 Å². The SMILES string of the molecule is Cc1cc(N(C)C)nc(Cl)n1.Cc1cc(N(C)C)nc(SCc2ccccc2)n1.SCc1ccccc1. The van der Waals surface area contributed by atoms with Crippen LogP contribution in [-0.2, 0) is 11.5 Å². The summed E-state index contributed by atoms with van der Waals surface area (Å²) in [5.74, 6) is 3.53. The molecule has 37 heavy (non-hydrogen) atoms. The molecule has 0 saturated carbocycles. The van der Waals surface area contributed by atoms with E-state index in [1.165, 1.54) is 11.1 Å². The van der Waals surface area contributed by atoms with E-state index in [0.29, 0.717) is 5.28 Å². The van der Waals surface area contributed by atoms with Crippen molar-refractivity contribution in [3.63, 3.8) is 0 Å². The third kappa shape index (κ3) is 11.9. The van der Waals surface area contributed by atoms with Crippen molar-refractivity contribution in [3.8, 4) is 0 Å². The van der Waals surface area contributed by atoms with Crippen molar-refractivity contribution in [1.29, 1.82) is 0 Å². The number of aryl methyl sites for hydroxylation is 2. The normalized spacial score (nSPS) is 9.95. The van der Waals surface area contributed by atoms with Crippen LogP contribution in [0.1, 0.15) is 22.5 Å². The average molecular weight is 555 g/mol. The van der Waals surface area contributed by atoms with Gasteiger partial charge in [-0.25, -0.2) is 19.9 Å². The van der Waals surface area contributed by atoms with Gasteiger partial charge in [0.05, 0.1) is 0 Å². The van der Waals surface area contributed by atoms with Gasteiger partial charge in [-0.15, -0.1) is 0 Å². The molecule has 0 amide bonds. The van der Waals surface area contributed by atoms with Gasteiger partial charge in [0, 0.05) is 63.2 Å². The molecule has 4 aromatic rings. The van der Waals surface area contributed by atoms with Crippen LogP contribution < -0.4 is 9.80 Å². The number of thiol groups is 1. The first-order valence-corrected chi connectivity index (χ1v) is 13.7. The van der Waals surface area contributed by atoms with Crippen LogP contribution in [0.25, 0.3) is 0 Å². The molecule has 0 atom stereocenters. The zero-order chi connectivity index (χ0) is 27.2. The Kier molecular flexibility index (Phi) is 13.3. The average Bonchev–Trinajstić information content (AvgIpc) is 2.88. The van der Waals surface area contributed by atoms with Gasteiger partial charge in [-0.3, -0.25) is 0 Å². The molecule has 0 fully saturated rings. The molecule has 9 heteroatoms. The quantitative estimate of drug-likeness (QED) is 0.160. The maximum atomic E-state index is 5.65. The smallest absolute Gasteiger partial charge is 0.224 e. The number of hydrogen-bond acceptors (Lipinski definition) is 8. The molecule has 2 aromatic carbocycles. The highest BCUT2D eigenvalue weighted by Crippen LogP contribution is 2.21. The van der Waals surface area contributed by atoms with Gasteiger partial charge in [-0.05, 0) is 36.6 Å². The number of aromatic nitrogens is 4. The lowest BCUT2D eigenvalue weighted by molar-refractivity contribution is 0.902. The second kappa shape index (κ2) is 16.1. The summed E-state index contributed by atoms with van der Waals surface area (Å²) in [6, 6.07) is 24.4. The van der Waals surface area contributed by atoms with Gasteiger partial charge in [0.1, 0.15) is 11.6 Å². The van der Waals surface area contributed by atoms with E-state index in [4.69, 9.17) is 11.6 Å². The molecule has 2 heterocycles. The van der Waals surface area contributed by atoms with Crippen LogP contribution in [-0.4, -0.2) is 48.1 Å². The molecule has 0 N–H and O–H groups in total. The van der Waals surface area contributed by atoms with Crippen LogP contribution in [0.15, 0.2) is 78.0 Å². The highest BCUT2D eigenvalue weighted by Gasteiger charge is 2.05. The predicted octanol–water partition coefficient (Wildman–Crippen LogP) is 6.76. The number of anilines is 2. The molecule has 0 unspecified atom stereocenters. The van der Waals surface area contributed by atoms with Crippen molar-refractivity contribution in [1.82, 2.24) is 19.9 Å². The highest BCUT2D eigenvalue weighted by atomic mass is 35.5. The first-order valence-electron chi connectivity index (χ1n) is 11.7. The Balaban J connectivity index is 0.000000215. The molecule has 0 bridgehead atoms. The van der Waals surface area contributed by atoms with Gasteiger partial charge < -0.3 is 9.80 Å². The Morgan fingerprint density at radius 1 is 0.703 bits per heavy atom. The topological polar surface area (TPSA) is 58.0 Å². The molecular weight excluding hydrogens is 520 g/mol. The van der Waals surface area contributed by atoms with Crippen LogP contribution in [0.5, 0.6) is 0 Å². The molecule has 0 spiro atoms. The van der Waals surface area contributed by atoms with E-state index in [1.807, 2.05) is 88.2 Å². The fourth-order valence-electron chi connectivity index (χ4n) is 2.87. The Morgan fingerprint density at radius 3 is 1.65 bits per heavy atom. The molecule has 4 rings (SSSR count). The van der Waals surface area contributed by atoms with Crippen molar-refractivity contribution in [2.75, 3.05) is 38.0 Å². The maximum Gasteiger partial charge on any atom is 0.224 e. The summed E-state index contributed by atoms with van der Waals surface area (Å²) in [6.45, 7) is 3.89. The number of hydrogen-bond donors (Lipinski definition) is 1. The van der Waals surface area contributed by atoms with Crippen molar-refractivity contribution >= 4 is 47.6 Å². The molecule has 0 aliphatic heterocycles. The van der Waals surface area contributed by atoms with E-state index in [9.17, 15) is 0 Å². The summed E-state index contributed by atoms with van der Waals surface area (Å²) in [5, 5.41) is 1.14. The van der Waals surface area contributed by atoms with Crippen LogP contribution in [0.2, 0.25) is 5.28 Å². The largest absolute Gasteiger partial charge is 0.363 e. The van der Waals surface area contributed by atoms with Crippen molar-refractivity contribution in [2.24, 2.45) is 0 Å². The van der Waals surface area contributed by atoms with E-state index < -0.39 is 0 Å². The standard InChI is InChI=1S/C14H17N3S.C7H10ClN3.C7H8S/c1-11-9-13(17(2)3)16-14(15-11)18-10-12-7-5-4-6-8-12;1-5-4-6(11(2)3)10-7(8)9-5;8-6-7-4-2-1-3-5-7/h4-9H,10H2,1-3H3;4H,1-3H3;1-5,8H,6H2. The number of thioether (sulfide) groups is 1. The zero-order valence-electron chi connectivity index (χ0n) is 22.3. The van der Waals surface area contributed by atoms with Crippen LogP contribution >= 0.6 is 36.0 Å². The fraction of sp³-hybridized carbons (Fsp3) is 0.286. The highest BCUT2D eigenvalue weighted by molar-refractivity contribution is 7.98. The van der Waals surface area contributed by atoms with E-state index in [-0.39, 0.29) is 0 Å². The maximum absolute atomic E-state index is 5.65. The molecule has 0 radical (unpaired) electrons. The zero-order valence-corrected chi connectivity index (χ0v) is 24.7. The second-order valence-corrected chi connectivity index (χ2v) is 10.1. The van der Waals surface area contributed by atoms with E-state index in [1.54, 1.807) is 11.8 Å². The number of halogens is 1. The molecule has 2 aromatic heterocycles. The molecule has 0 aliphatic rings. The third-order valence-electron chi connectivity index (χ3n) is 4.79. The van der Waals surface area contributed by atoms with E-state index >= 15 is 0 Å². The van der Waals surface area contributed by atoms with Crippen LogP contribution in [0.3, 0.4) is 0 Å². The lowest BCUT2D eigenvalue weighted by Gasteiger charge is -2.12. The van der Waals surface area contributed by atoms with Gasteiger partial charge in [-0.2, -0.15) is 12.6 Å². The van der Waals surface area contributed by atoms with Gasteiger partial charge in [0.25, 0.3) is 0 Å². The van der Waals surface area contributed by atoms with Crippen molar-refractivity contribution in [3.05, 3.63) is 101 Å². The molecule has 6 nitrogen and oxygen atoms in total. The Bertz CT molecular complexity index is 1190. The van der Waals surface area contributed by atoms with Crippen molar-refractivity contribution in [2.45, 2.75) is 30.5 Å². The van der Waals surface area contributed by atoms with Gasteiger partial charge in [0.15, 0.2) is 5.16 Å². The fourth-order valence-corrected chi connectivity index (χ4v) is 4.16.